The average molecular weight is 531 g/mol. The molecule has 3 aromatic rings. The van der Waals surface area contributed by atoms with Crippen LogP contribution in [0.4, 0.5) is 21.6 Å². The van der Waals surface area contributed by atoms with Crippen LogP contribution in [0, 0.1) is 35.2 Å². The maximum absolute atomic E-state index is 14.5. The standard InChI is InChI=1S/C23H27FN8O4S/c1-11-7-16(37-12(11)2)23(29-14-8-13(24)5-6-15(14)32(35)36)17-18(28-20(27)22(23,9-25)10-26)30(3)21(34)31(4)19(17)33/h5-8,29H,9-10,25-26H2,1-4H3,(H2,27,28). The maximum Gasteiger partial charge on any atom is 0.332 e. The van der Waals surface area contributed by atoms with Crippen molar-refractivity contribution in [2.45, 2.75) is 19.4 Å². The Morgan fingerprint density at radius 1 is 1.16 bits per heavy atom. The molecular formula is C23H27FN8O4S. The lowest BCUT2D eigenvalue weighted by Crippen LogP contribution is -2.68. The monoisotopic (exact) mass is 530 g/mol. The largest absolute Gasteiger partial charge is 0.386 e. The lowest BCUT2D eigenvalue weighted by Gasteiger charge is -2.51. The summed E-state index contributed by atoms with van der Waals surface area (Å²) in [5.74, 6) is -0.888. The summed E-state index contributed by atoms with van der Waals surface area (Å²) < 4.78 is 16.5. The molecule has 0 amide bonds. The molecule has 1 atom stereocenters. The Morgan fingerprint density at radius 2 is 1.81 bits per heavy atom. The van der Waals surface area contributed by atoms with Gasteiger partial charge in [-0.1, -0.05) is 0 Å². The molecule has 1 unspecified atom stereocenters. The number of aliphatic imine (C=N–C) groups is 1. The molecule has 0 spiro atoms. The molecule has 7 N–H and O–H groups in total. The first-order valence-corrected chi connectivity index (χ1v) is 12.0. The number of amidine groups is 1. The zero-order valence-electron chi connectivity index (χ0n) is 20.7. The van der Waals surface area contributed by atoms with Crippen LogP contribution in [0.25, 0.3) is 0 Å². The fraction of sp³-hybridized carbons (Fsp3) is 0.348. The molecule has 0 aliphatic carbocycles. The SMILES string of the molecule is Cc1cc(C2(Nc3cc(F)ccc3[N+](=O)[O-])c3c(n(C)c(=O)n(C)c3=O)N=C(N)C2(CN)CN)sc1C. The Kier molecular flexibility index (Phi) is 6.30. The summed E-state index contributed by atoms with van der Waals surface area (Å²) in [5, 5.41) is 15.1. The second kappa shape index (κ2) is 8.90. The van der Waals surface area contributed by atoms with Gasteiger partial charge < -0.3 is 22.5 Å². The van der Waals surface area contributed by atoms with E-state index in [1.165, 1.54) is 25.4 Å². The van der Waals surface area contributed by atoms with E-state index in [0.717, 1.165) is 37.8 Å². The van der Waals surface area contributed by atoms with E-state index in [1.807, 2.05) is 13.8 Å². The van der Waals surface area contributed by atoms with Crippen molar-refractivity contribution in [1.29, 1.82) is 0 Å². The van der Waals surface area contributed by atoms with Crippen LogP contribution in [0.2, 0.25) is 0 Å². The number of benzene rings is 1. The summed E-state index contributed by atoms with van der Waals surface area (Å²) in [6, 6.07) is 4.73. The van der Waals surface area contributed by atoms with E-state index in [2.05, 4.69) is 10.3 Å². The van der Waals surface area contributed by atoms with Crippen LogP contribution >= 0.6 is 11.3 Å². The molecule has 37 heavy (non-hydrogen) atoms. The van der Waals surface area contributed by atoms with Crippen LogP contribution in [-0.4, -0.2) is 33.0 Å². The van der Waals surface area contributed by atoms with Gasteiger partial charge in [-0.2, -0.15) is 0 Å². The minimum Gasteiger partial charge on any atom is -0.386 e. The molecule has 2 aromatic heterocycles. The fourth-order valence-electron chi connectivity index (χ4n) is 4.87. The number of aromatic nitrogens is 2. The summed E-state index contributed by atoms with van der Waals surface area (Å²) in [4.78, 5) is 43.8. The van der Waals surface area contributed by atoms with Crippen molar-refractivity contribution < 1.29 is 9.31 Å². The molecule has 1 aromatic carbocycles. The van der Waals surface area contributed by atoms with Crippen molar-refractivity contribution in [3.05, 3.63) is 81.9 Å². The molecule has 1 aliphatic rings. The summed E-state index contributed by atoms with van der Waals surface area (Å²) in [6.45, 7) is 3.25. The molecule has 14 heteroatoms. The second-order valence-electron chi connectivity index (χ2n) is 9.04. The van der Waals surface area contributed by atoms with Crippen LogP contribution in [-0.2, 0) is 19.6 Å². The third-order valence-electron chi connectivity index (χ3n) is 7.15. The minimum atomic E-state index is -1.76. The molecule has 1 aliphatic heterocycles. The molecule has 196 valence electrons. The van der Waals surface area contributed by atoms with E-state index < -0.39 is 38.6 Å². The Bertz CT molecular complexity index is 1570. The van der Waals surface area contributed by atoms with Crippen LogP contribution in [0.5, 0.6) is 0 Å². The van der Waals surface area contributed by atoms with Crippen LogP contribution < -0.4 is 33.8 Å². The molecule has 12 nitrogen and oxygen atoms in total. The van der Waals surface area contributed by atoms with Crippen molar-refractivity contribution >= 4 is 34.4 Å². The van der Waals surface area contributed by atoms with Gasteiger partial charge in [0, 0.05) is 49.1 Å². The van der Waals surface area contributed by atoms with Crippen molar-refractivity contribution in [3.8, 4) is 0 Å². The number of halogens is 1. The zero-order chi connectivity index (χ0) is 27.4. The van der Waals surface area contributed by atoms with Gasteiger partial charge in [-0.25, -0.2) is 14.2 Å². The number of nitro benzene ring substituents is 1. The lowest BCUT2D eigenvalue weighted by molar-refractivity contribution is -0.384. The number of thiophene rings is 1. The van der Waals surface area contributed by atoms with Gasteiger partial charge in [-0.05, 0) is 31.5 Å². The molecule has 4 rings (SSSR count). The lowest BCUT2D eigenvalue weighted by atomic mass is 9.62. The third kappa shape index (κ3) is 3.51. The van der Waals surface area contributed by atoms with Crippen molar-refractivity contribution in [2.75, 3.05) is 18.4 Å². The predicted octanol–water partition coefficient (Wildman–Crippen LogP) is 1.07. The normalized spacial score (nSPS) is 18.3. The van der Waals surface area contributed by atoms with Gasteiger partial charge in [0.1, 0.15) is 28.7 Å². The number of rotatable bonds is 6. The molecular weight excluding hydrogens is 503 g/mol. The van der Waals surface area contributed by atoms with Crippen LogP contribution in [0.3, 0.4) is 0 Å². The number of anilines is 1. The van der Waals surface area contributed by atoms with E-state index in [0.29, 0.717) is 4.88 Å². The highest BCUT2D eigenvalue weighted by molar-refractivity contribution is 7.12. The predicted molar refractivity (Wildman–Crippen MR) is 140 cm³/mol. The van der Waals surface area contributed by atoms with Gasteiger partial charge in [0.2, 0.25) is 0 Å². The number of nitrogens with zero attached hydrogens (tertiary/aromatic N) is 4. The number of nitro groups is 1. The van der Waals surface area contributed by atoms with Crippen LogP contribution in [0.15, 0.2) is 38.8 Å². The molecule has 0 saturated heterocycles. The molecule has 0 fully saturated rings. The Morgan fingerprint density at radius 3 is 2.35 bits per heavy atom. The molecule has 0 saturated carbocycles. The Hall–Kier alpha value is -3.88. The van der Waals surface area contributed by atoms with E-state index >= 15 is 0 Å². The first kappa shape index (κ1) is 26.2. The van der Waals surface area contributed by atoms with Gasteiger partial charge in [-0.3, -0.25) is 24.0 Å². The summed E-state index contributed by atoms with van der Waals surface area (Å²) in [5.41, 5.74) is 14.7. The third-order valence-corrected chi connectivity index (χ3v) is 8.43. The number of nitrogens with one attached hydrogen (secondary N) is 1. The number of fused-ring (bicyclic) bond motifs is 1. The second-order valence-corrected chi connectivity index (χ2v) is 10.3. The van der Waals surface area contributed by atoms with E-state index in [1.54, 1.807) is 6.07 Å². The Labute approximate surface area is 214 Å². The molecule has 0 radical (unpaired) electrons. The summed E-state index contributed by atoms with van der Waals surface area (Å²) >= 11 is 1.30. The van der Waals surface area contributed by atoms with Crippen molar-refractivity contribution in [3.63, 3.8) is 0 Å². The van der Waals surface area contributed by atoms with Gasteiger partial charge in [0.05, 0.1) is 15.9 Å². The number of aryl methyl sites for hydroxylation is 2. The highest BCUT2D eigenvalue weighted by atomic mass is 32.1. The molecule has 3 heterocycles. The number of nitrogens with two attached hydrogens (primary N) is 3. The van der Waals surface area contributed by atoms with Gasteiger partial charge in [-0.15, -0.1) is 11.3 Å². The van der Waals surface area contributed by atoms with E-state index in [9.17, 15) is 24.1 Å². The van der Waals surface area contributed by atoms with Gasteiger partial charge >= 0.3 is 5.69 Å². The average Bonchev–Trinajstić information content (AvgIpc) is 3.19. The Balaban J connectivity index is 2.30. The smallest absolute Gasteiger partial charge is 0.332 e. The quantitative estimate of drug-likeness (QED) is 0.269. The van der Waals surface area contributed by atoms with E-state index in [4.69, 9.17) is 17.2 Å². The van der Waals surface area contributed by atoms with Crippen molar-refractivity contribution in [1.82, 2.24) is 9.13 Å². The highest BCUT2D eigenvalue weighted by Gasteiger charge is 2.61. The minimum absolute atomic E-state index is 0.0398. The van der Waals surface area contributed by atoms with Gasteiger partial charge in [0.25, 0.3) is 11.2 Å². The zero-order valence-corrected chi connectivity index (χ0v) is 21.5. The van der Waals surface area contributed by atoms with Crippen LogP contribution in [0.1, 0.15) is 20.9 Å². The fourth-order valence-corrected chi connectivity index (χ4v) is 6.16. The number of hydrogen-bond donors (Lipinski definition) is 4. The summed E-state index contributed by atoms with van der Waals surface area (Å²) in [6.07, 6.45) is 0. The molecule has 0 bridgehead atoms. The first-order chi connectivity index (χ1) is 17.4. The maximum atomic E-state index is 14.5. The first-order valence-electron chi connectivity index (χ1n) is 11.2. The van der Waals surface area contributed by atoms with Crippen molar-refractivity contribution in [2.24, 2.45) is 41.7 Å². The highest BCUT2D eigenvalue weighted by Crippen LogP contribution is 2.54. The topological polar surface area (TPSA) is 190 Å². The van der Waals surface area contributed by atoms with E-state index in [-0.39, 0.29) is 36.0 Å². The summed E-state index contributed by atoms with van der Waals surface area (Å²) in [7, 11) is 2.73. The number of hydrogen-bond acceptors (Lipinski definition) is 10. The van der Waals surface area contributed by atoms with Gasteiger partial charge in [0.15, 0.2) is 0 Å².